The summed E-state index contributed by atoms with van der Waals surface area (Å²) in [6.07, 6.45) is 6.09. The molecule has 0 unspecified atom stereocenters. The highest BCUT2D eigenvalue weighted by molar-refractivity contribution is 7.90. The minimum atomic E-state index is -4.44. The van der Waals surface area contributed by atoms with E-state index in [1.54, 1.807) is 36.5 Å². The lowest BCUT2D eigenvalue weighted by atomic mass is 9.72. The number of rotatable bonds is 12. The Hall–Kier alpha value is -5.13. The van der Waals surface area contributed by atoms with Crippen LogP contribution in [0.15, 0.2) is 95.5 Å². The standard InChI is InChI=1S/C47H49Cl2FN6O5S/c1-46(2)17-16-33(38(26-46)32-6-8-34(48)9-7-32)29-55-20-22-56(23-21-55)35-10-12-37(44(24-35)61-42-5-3-4-41-39(42)28-52-53-41)45(57)54-62(58,59)36-11-13-43(40(49)25-36)60-30-47(50)18-14-31(27-51)15-19-47/h3-13,24-25,28,31H,14-23,26,29-30H2,1-2H3,(H,52,53)(H,54,57)/t31-,47-. The Bertz CT molecular complexity index is 2650. The predicted octanol–water partition coefficient (Wildman–Crippen LogP) is 10.4. The fraction of sp³-hybridized carbons (Fsp3) is 0.383. The molecule has 2 heterocycles. The molecule has 324 valence electrons. The predicted molar refractivity (Wildman–Crippen MR) is 240 cm³/mol. The van der Waals surface area contributed by atoms with E-state index in [0.717, 1.165) is 74.3 Å². The number of amides is 1. The number of halogens is 3. The van der Waals surface area contributed by atoms with Gasteiger partial charge in [0.2, 0.25) is 0 Å². The zero-order valence-electron chi connectivity index (χ0n) is 34.7. The van der Waals surface area contributed by atoms with Gasteiger partial charge in [0, 0.05) is 55.4 Å². The number of nitrogens with one attached hydrogen (secondary N) is 2. The molecule has 3 aliphatic rings. The number of sulfonamides is 1. The van der Waals surface area contributed by atoms with Crippen molar-refractivity contribution >= 4 is 61.3 Å². The van der Waals surface area contributed by atoms with Gasteiger partial charge in [-0.05, 0) is 116 Å². The molecular formula is C47H49Cl2FN6O5S. The van der Waals surface area contributed by atoms with Crippen molar-refractivity contribution in [2.24, 2.45) is 11.3 Å². The number of hydrogen-bond acceptors (Lipinski definition) is 9. The van der Waals surface area contributed by atoms with Gasteiger partial charge in [0.25, 0.3) is 15.9 Å². The first kappa shape index (κ1) is 43.5. The van der Waals surface area contributed by atoms with Gasteiger partial charge in [-0.25, -0.2) is 17.5 Å². The van der Waals surface area contributed by atoms with Crippen LogP contribution in [0.2, 0.25) is 10.0 Å². The van der Waals surface area contributed by atoms with Gasteiger partial charge in [0.05, 0.1) is 38.7 Å². The molecule has 1 aliphatic heterocycles. The van der Waals surface area contributed by atoms with E-state index in [9.17, 15) is 13.2 Å². The first-order valence-electron chi connectivity index (χ1n) is 20.9. The number of hydrogen-bond donors (Lipinski definition) is 2. The van der Waals surface area contributed by atoms with Crippen LogP contribution < -0.4 is 19.1 Å². The fourth-order valence-corrected chi connectivity index (χ4v) is 10.1. The molecule has 0 bridgehead atoms. The summed E-state index contributed by atoms with van der Waals surface area (Å²) in [5, 5.41) is 17.6. The van der Waals surface area contributed by atoms with Crippen molar-refractivity contribution in [1.82, 2.24) is 19.8 Å². The average molecular weight is 900 g/mol. The van der Waals surface area contributed by atoms with E-state index in [1.807, 2.05) is 18.2 Å². The molecule has 11 nitrogen and oxygen atoms in total. The molecule has 2 aliphatic carbocycles. The summed E-state index contributed by atoms with van der Waals surface area (Å²) in [6, 6.07) is 24.7. The SMILES string of the molecule is CC1(C)CCC(CN2CCN(c3ccc(C(=O)NS(=O)(=O)c4ccc(OC[C@]5(F)CC[C@H](C#N)CC5)c(Cl)c4)c(Oc4cccc5[nH]ncc45)c3)CC2)=C(c2ccc(Cl)cc2)C1. The third kappa shape index (κ3) is 9.89. The quantitative estimate of drug-likeness (QED) is 0.125. The number of nitrogens with zero attached hydrogens (tertiary/aromatic N) is 4. The number of benzene rings is 4. The van der Waals surface area contributed by atoms with Crippen LogP contribution in [-0.2, 0) is 10.0 Å². The number of carbonyl (C=O) groups excluding carboxylic acids is 1. The molecule has 2 fully saturated rings. The van der Waals surface area contributed by atoms with Gasteiger partial charge in [-0.2, -0.15) is 10.4 Å². The molecule has 0 spiro atoms. The lowest BCUT2D eigenvalue weighted by Gasteiger charge is -2.39. The van der Waals surface area contributed by atoms with Gasteiger partial charge in [-0.15, -0.1) is 0 Å². The highest BCUT2D eigenvalue weighted by Gasteiger charge is 2.37. The highest BCUT2D eigenvalue weighted by atomic mass is 35.5. The van der Waals surface area contributed by atoms with Crippen LogP contribution in [0.1, 0.15) is 74.7 Å². The number of allylic oxidation sites excluding steroid dienone is 1. The Labute approximate surface area is 371 Å². The minimum Gasteiger partial charge on any atom is -0.489 e. The third-order valence-corrected chi connectivity index (χ3v) is 14.3. The molecule has 0 atom stereocenters. The summed E-state index contributed by atoms with van der Waals surface area (Å²) in [4.78, 5) is 18.4. The number of fused-ring (bicyclic) bond motifs is 1. The van der Waals surface area contributed by atoms with Gasteiger partial charge in [-0.3, -0.25) is 14.8 Å². The number of ether oxygens (including phenoxy) is 2. The molecule has 1 amide bonds. The summed E-state index contributed by atoms with van der Waals surface area (Å²) in [5.41, 5.74) is 4.30. The highest BCUT2D eigenvalue weighted by Crippen LogP contribution is 2.44. The summed E-state index contributed by atoms with van der Waals surface area (Å²) in [6.45, 7) is 8.41. The largest absolute Gasteiger partial charge is 0.489 e. The normalized spacial score (nSPS) is 20.8. The number of aromatic nitrogens is 2. The Morgan fingerprint density at radius 2 is 1.73 bits per heavy atom. The molecule has 2 N–H and O–H groups in total. The molecule has 15 heteroatoms. The topological polar surface area (TPSA) is 141 Å². The monoisotopic (exact) mass is 898 g/mol. The van der Waals surface area contributed by atoms with Crippen LogP contribution in [0, 0.1) is 22.7 Å². The molecule has 1 saturated heterocycles. The van der Waals surface area contributed by atoms with E-state index >= 15 is 4.39 Å². The number of H-pyrrole nitrogens is 1. The average Bonchev–Trinajstić information content (AvgIpc) is 3.75. The van der Waals surface area contributed by atoms with Gasteiger partial charge in [0.15, 0.2) is 0 Å². The Morgan fingerprint density at radius 3 is 2.45 bits per heavy atom. The van der Waals surface area contributed by atoms with Gasteiger partial charge < -0.3 is 14.4 Å². The van der Waals surface area contributed by atoms with Crippen LogP contribution in [-0.4, -0.2) is 74.4 Å². The van der Waals surface area contributed by atoms with Crippen molar-refractivity contribution in [2.75, 3.05) is 44.2 Å². The molecule has 4 aromatic carbocycles. The van der Waals surface area contributed by atoms with E-state index in [1.165, 1.54) is 28.8 Å². The molecule has 8 rings (SSSR count). The maximum Gasteiger partial charge on any atom is 0.268 e. The molecule has 62 heavy (non-hydrogen) atoms. The van der Waals surface area contributed by atoms with Crippen molar-refractivity contribution in [3.63, 3.8) is 0 Å². The molecule has 1 saturated carbocycles. The van der Waals surface area contributed by atoms with E-state index in [4.69, 9.17) is 37.9 Å². The van der Waals surface area contributed by atoms with Crippen molar-refractivity contribution in [3.05, 3.63) is 112 Å². The van der Waals surface area contributed by atoms with Crippen LogP contribution in [0.25, 0.3) is 16.5 Å². The Balaban J connectivity index is 0.983. The van der Waals surface area contributed by atoms with Crippen molar-refractivity contribution in [2.45, 2.75) is 69.4 Å². The number of carbonyl (C=O) groups is 1. The second-order valence-electron chi connectivity index (χ2n) is 17.4. The second kappa shape index (κ2) is 17.9. The van der Waals surface area contributed by atoms with Crippen LogP contribution >= 0.6 is 23.2 Å². The first-order chi connectivity index (χ1) is 29.7. The summed E-state index contributed by atoms with van der Waals surface area (Å²) in [7, 11) is -4.44. The molecule has 0 radical (unpaired) electrons. The number of nitriles is 1. The van der Waals surface area contributed by atoms with E-state index in [2.05, 4.69) is 56.8 Å². The van der Waals surface area contributed by atoms with Gasteiger partial charge in [0.1, 0.15) is 29.5 Å². The molecule has 1 aromatic heterocycles. The zero-order valence-corrected chi connectivity index (χ0v) is 37.1. The molecular weight excluding hydrogens is 851 g/mol. The molecule has 5 aromatic rings. The third-order valence-electron chi connectivity index (χ3n) is 12.4. The Morgan fingerprint density at radius 1 is 0.968 bits per heavy atom. The summed E-state index contributed by atoms with van der Waals surface area (Å²) < 4.78 is 57.0. The maximum atomic E-state index is 15.4. The van der Waals surface area contributed by atoms with Crippen LogP contribution in [0.3, 0.4) is 0 Å². The number of anilines is 1. The fourth-order valence-electron chi connectivity index (χ4n) is 8.64. The van der Waals surface area contributed by atoms with E-state index < -0.39 is 21.6 Å². The van der Waals surface area contributed by atoms with E-state index in [0.29, 0.717) is 24.0 Å². The summed E-state index contributed by atoms with van der Waals surface area (Å²) in [5.74, 6) is -0.366. The zero-order chi connectivity index (χ0) is 43.6. The number of aromatic amines is 1. The lowest BCUT2D eigenvalue weighted by Crippen LogP contribution is -2.47. The van der Waals surface area contributed by atoms with Crippen molar-refractivity contribution in [3.8, 4) is 23.3 Å². The van der Waals surface area contributed by atoms with Gasteiger partial charge in [-0.1, -0.05) is 60.8 Å². The summed E-state index contributed by atoms with van der Waals surface area (Å²) >= 11 is 12.7. The first-order valence-corrected chi connectivity index (χ1v) is 23.2. The smallest absolute Gasteiger partial charge is 0.268 e. The maximum absolute atomic E-state index is 15.4. The number of alkyl halides is 1. The number of piperazine rings is 1. The minimum absolute atomic E-state index is 0.00348. The van der Waals surface area contributed by atoms with Crippen molar-refractivity contribution in [1.29, 1.82) is 5.26 Å². The van der Waals surface area contributed by atoms with Crippen molar-refractivity contribution < 1.29 is 27.1 Å². The van der Waals surface area contributed by atoms with Crippen LogP contribution in [0.4, 0.5) is 10.1 Å². The van der Waals surface area contributed by atoms with E-state index in [-0.39, 0.29) is 57.8 Å². The lowest BCUT2D eigenvalue weighted by molar-refractivity contribution is 0.0395. The Kier molecular flexibility index (Phi) is 12.6. The van der Waals surface area contributed by atoms with Gasteiger partial charge >= 0.3 is 0 Å². The van der Waals surface area contributed by atoms with Crippen LogP contribution in [0.5, 0.6) is 17.2 Å². The second-order valence-corrected chi connectivity index (χ2v) is 20.0.